The summed E-state index contributed by atoms with van der Waals surface area (Å²) in [5, 5.41) is 3.95. The topological polar surface area (TPSA) is 78.9 Å². The minimum absolute atomic E-state index is 0.186. The van der Waals surface area contributed by atoms with Crippen LogP contribution in [0.25, 0.3) is 0 Å². The lowest BCUT2D eigenvalue weighted by Gasteiger charge is -2.00. The summed E-state index contributed by atoms with van der Waals surface area (Å²) >= 11 is 0. The molecule has 0 aliphatic rings. The van der Waals surface area contributed by atoms with E-state index in [1.165, 1.54) is 6.20 Å². The molecule has 2 rings (SSSR count). The van der Waals surface area contributed by atoms with Crippen LogP contribution in [-0.4, -0.2) is 19.7 Å². The van der Waals surface area contributed by atoms with Crippen molar-refractivity contribution in [1.82, 2.24) is 19.7 Å². The summed E-state index contributed by atoms with van der Waals surface area (Å²) < 4.78 is 7.00. The average molecular weight is 191 g/mol. The molecule has 14 heavy (non-hydrogen) atoms. The molecule has 0 aliphatic carbocycles. The molecule has 0 spiro atoms. The predicted octanol–water partition coefficient (Wildman–Crippen LogP) is 0.585. The van der Waals surface area contributed by atoms with E-state index >= 15 is 0 Å². The molecule has 0 unspecified atom stereocenters. The number of hydrogen-bond donors (Lipinski definition) is 1. The summed E-state index contributed by atoms with van der Waals surface area (Å²) in [5.41, 5.74) is 5.39. The van der Waals surface area contributed by atoms with Gasteiger partial charge in [0.2, 0.25) is 11.8 Å². The summed E-state index contributed by atoms with van der Waals surface area (Å²) in [6.45, 7) is 0. The molecule has 6 nitrogen and oxygen atoms in total. The van der Waals surface area contributed by atoms with Crippen molar-refractivity contribution in [3.63, 3.8) is 0 Å². The van der Waals surface area contributed by atoms with E-state index in [1.807, 2.05) is 0 Å². The summed E-state index contributed by atoms with van der Waals surface area (Å²) in [6, 6.07) is 1.63. The second-order valence-corrected chi connectivity index (χ2v) is 2.70. The Labute approximate surface area is 80.4 Å². The first-order chi connectivity index (χ1) is 6.74. The number of anilines is 1. The third-order valence-corrected chi connectivity index (χ3v) is 1.55. The van der Waals surface area contributed by atoms with Crippen LogP contribution >= 0.6 is 0 Å². The number of rotatable bonds is 2. The molecular formula is C8H9N5O. The van der Waals surface area contributed by atoms with Gasteiger partial charge in [0.05, 0.1) is 12.4 Å². The first-order valence-corrected chi connectivity index (χ1v) is 3.99. The van der Waals surface area contributed by atoms with Crippen molar-refractivity contribution >= 4 is 5.95 Å². The van der Waals surface area contributed by atoms with Crippen LogP contribution in [0.15, 0.2) is 24.7 Å². The van der Waals surface area contributed by atoms with E-state index < -0.39 is 0 Å². The largest absolute Gasteiger partial charge is 0.436 e. The van der Waals surface area contributed by atoms with Crippen LogP contribution in [0.4, 0.5) is 5.95 Å². The molecule has 2 aromatic rings. The molecule has 2 heterocycles. The quantitative estimate of drug-likeness (QED) is 0.751. The molecule has 0 saturated carbocycles. The van der Waals surface area contributed by atoms with Gasteiger partial charge < -0.3 is 10.5 Å². The number of aryl methyl sites for hydroxylation is 1. The highest BCUT2D eigenvalue weighted by Gasteiger charge is 2.00. The minimum Gasteiger partial charge on any atom is -0.436 e. The predicted molar refractivity (Wildman–Crippen MR) is 49.7 cm³/mol. The van der Waals surface area contributed by atoms with Gasteiger partial charge in [0.25, 0.3) is 0 Å². The van der Waals surface area contributed by atoms with Gasteiger partial charge in [0, 0.05) is 19.3 Å². The zero-order valence-electron chi connectivity index (χ0n) is 7.58. The first kappa shape index (κ1) is 8.49. The molecule has 0 bridgehead atoms. The lowest BCUT2D eigenvalue weighted by atomic mass is 10.6. The van der Waals surface area contributed by atoms with Crippen molar-refractivity contribution in [2.45, 2.75) is 0 Å². The normalized spacial score (nSPS) is 10.1. The third-order valence-electron chi connectivity index (χ3n) is 1.55. The molecule has 2 N–H and O–H groups in total. The Morgan fingerprint density at radius 1 is 1.50 bits per heavy atom. The van der Waals surface area contributed by atoms with E-state index in [1.54, 1.807) is 30.2 Å². The van der Waals surface area contributed by atoms with Crippen molar-refractivity contribution in [1.29, 1.82) is 0 Å². The smallest absolute Gasteiger partial charge is 0.224 e. The fourth-order valence-electron chi connectivity index (χ4n) is 0.986. The van der Waals surface area contributed by atoms with E-state index in [0.29, 0.717) is 11.6 Å². The average Bonchev–Trinajstić information content (AvgIpc) is 2.51. The van der Waals surface area contributed by atoms with Gasteiger partial charge in [0.15, 0.2) is 5.75 Å². The van der Waals surface area contributed by atoms with Gasteiger partial charge in [-0.15, -0.1) is 0 Å². The van der Waals surface area contributed by atoms with Crippen molar-refractivity contribution in [3.8, 4) is 11.6 Å². The number of nitrogen functional groups attached to an aromatic ring is 1. The lowest BCUT2D eigenvalue weighted by Crippen LogP contribution is -1.95. The monoisotopic (exact) mass is 191 g/mol. The molecule has 0 atom stereocenters. The maximum atomic E-state index is 5.39. The summed E-state index contributed by atoms with van der Waals surface area (Å²) in [5.74, 6) is 1.21. The van der Waals surface area contributed by atoms with Crippen LogP contribution < -0.4 is 10.5 Å². The number of hydrogen-bond acceptors (Lipinski definition) is 5. The van der Waals surface area contributed by atoms with Gasteiger partial charge in [-0.25, -0.2) is 4.98 Å². The molecule has 72 valence electrons. The van der Waals surface area contributed by atoms with E-state index in [2.05, 4.69) is 15.1 Å². The van der Waals surface area contributed by atoms with Crippen molar-refractivity contribution in [3.05, 3.63) is 24.7 Å². The van der Waals surface area contributed by atoms with Crippen LogP contribution in [0.3, 0.4) is 0 Å². The number of ether oxygens (including phenoxy) is 1. The second kappa shape index (κ2) is 3.33. The Bertz CT molecular complexity index is 439. The lowest BCUT2D eigenvalue weighted by molar-refractivity contribution is 0.462. The molecule has 6 heteroatoms. The SMILES string of the molecule is Cn1cc(Oc2ccnc(N)n2)cn1. The number of nitrogens with two attached hydrogens (primary N) is 1. The van der Waals surface area contributed by atoms with Gasteiger partial charge in [-0.3, -0.25) is 4.68 Å². The van der Waals surface area contributed by atoms with Crippen molar-refractivity contribution < 1.29 is 4.74 Å². The van der Waals surface area contributed by atoms with E-state index in [9.17, 15) is 0 Å². The maximum absolute atomic E-state index is 5.39. The van der Waals surface area contributed by atoms with Gasteiger partial charge in [-0.1, -0.05) is 0 Å². The molecule has 0 aliphatic heterocycles. The Morgan fingerprint density at radius 3 is 3.00 bits per heavy atom. The van der Waals surface area contributed by atoms with E-state index in [0.717, 1.165) is 0 Å². The Balaban J connectivity index is 2.18. The Kier molecular flexibility index (Phi) is 2.02. The molecule has 0 radical (unpaired) electrons. The summed E-state index contributed by atoms with van der Waals surface area (Å²) in [4.78, 5) is 7.64. The molecule has 0 saturated heterocycles. The standard InChI is InChI=1S/C8H9N5O/c1-13-5-6(4-11-13)14-7-2-3-10-8(9)12-7/h2-5H,1H3,(H2,9,10,12). The van der Waals surface area contributed by atoms with E-state index in [4.69, 9.17) is 10.5 Å². The molecule has 0 fully saturated rings. The van der Waals surface area contributed by atoms with Crippen molar-refractivity contribution in [2.24, 2.45) is 7.05 Å². The van der Waals surface area contributed by atoms with Gasteiger partial charge >= 0.3 is 0 Å². The zero-order chi connectivity index (χ0) is 9.97. The molecule has 2 aromatic heterocycles. The van der Waals surface area contributed by atoms with Crippen molar-refractivity contribution in [2.75, 3.05) is 5.73 Å². The number of nitrogens with zero attached hydrogens (tertiary/aromatic N) is 4. The zero-order valence-corrected chi connectivity index (χ0v) is 7.58. The van der Waals surface area contributed by atoms with Crippen LogP contribution in [0, 0.1) is 0 Å². The fraction of sp³-hybridized carbons (Fsp3) is 0.125. The highest BCUT2D eigenvalue weighted by molar-refractivity contribution is 5.25. The Morgan fingerprint density at radius 2 is 2.36 bits per heavy atom. The van der Waals surface area contributed by atoms with Gasteiger partial charge in [-0.05, 0) is 0 Å². The first-order valence-electron chi connectivity index (χ1n) is 3.99. The van der Waals surface area contributed by atoms with Gasteiger partial charge in [0.1, 0.15) is 0 Å². The minimum atomic E-state index is 0.186. The van der Waals surface area contributed by atoms with E-state index in [-0.39, 0.29) is 5.95 Å². The highest BCUT2D eigenvalue weighted by Crippen LogP contribution is 2.17. The summed E-state index contributed by atoms with van der Waals surface area (Å²) in [7, 11) is 1.81. The molecular weight excluding hydrogens is 182 g/mol. The number of aromatic nitrogens is 4. The second-order valence-electron chi connectivity index (χ2n) is 2.70. The fourth-order valence-corrected chi connectivity index (χ4v) is 0.986. The van der Waals surface area contributed by atoms with Crippen LogP contribution in [0.1, 0.15) is 0 Å². The van der Waals surface area contributed by atoms with Gasteiger partial charge in [-0.2, -0.15) is 10.1 Å². The Hall–Kier alpha value is -2.11. The molecule has 0 aromatic carbocycles. The third kappa shape index (κ3) is 1.79. The maximum Gasteiger partial charge on any atom is 0.224 e. The van der Waals surface area contributed by atoms with Crippen LogP contribution in [0.5, 0.6) is 11.6 Å². The van der Waals surface area contributed by atoms with Crippen LogP contribution in [-0.2, 0) is 7.05 Å². The highest BCUT2D eigenvalue weighted by atomic mass is 16.5. The van der Waals surface area contributed by atoms with Crippen LogP contribution in [0.2, 0.25) is 0 Å². The molecule has 0 amide bonds. The summed E-state index contributed by atoms with van der Waals surface area (Å²) in [6.07, 6.45) is 4.87.